The zero-order chi connectivity index (χ0) is 17.0. The summed E-state index contributed by atoms with van der Waals surface area (Å²) in [5, 5.41) is 20.2. The fraction of sp³-hybridized carbons (Fsp3) is 0.438. The number of aromatic nitrogens is 3. The maximum absolute atomic E-state index is 12.9. The number of hydrogen-bond donors (Lipinski definition) is 2. The van der Waals surface area contributed by atoms with Crippen molar-refractivity contribution in [3.63, 3.8) is 0 Å². The van der Waals surface area contributed by atoms with Crippen LogP contribution in [0.25, 0.3) is 5.69 Å². The summed E-state index contributed by atoms with van der Waals surface area (Å²) in [4.78, 5) is 13.5. The van der Waals surface area contributed by atoms with Gasteiger partial charge in [0.1, 0.15) is 5.82 Å². The summed E-state index contributed by atoms with van der Waals surface area (Å²) in [5.41, 5.74) is 0.674. The van der Waals surface area contributed by atoms with Crippen molar-refractivity contribution in [2.24, 2.45) is 5.41 Å². The predicted molar refractivity (Wildman–Crippen MR) is 83.7 cm³/mol. The fourth-order valence-electron chi connectivity index (χ4n) is 2.23. The molecule has 0 aliphatic rings. The first-order chi connectivity index (χ1) is 10.8. The third kappa shape index (κ3) is 4.85. The van der Waals surface area contributed by atoms with Crippen LogP contribution >= 0.6 is 0 Å². The monoisotopic (exact) mass is 320 g/mol. The molecule has 0 bridgehead atoms. The summed E-state index contributed by atoms with van der Waals surface area (Å²) in [6.07, 6.45) is 1.98. The number of halogens is 1. The zero-order valence-corrected chi connectivity index (χ0v) is 13.5. The number of carbonyl (C=O) groups is 1. The molecule has 2 N–H and O–H groups in total. The lowest BCUT2D eigenvalue weighted by Gasteiger charge is -2.25. The van der Waals surface area contributed by atoms with Crippen LogP contribution in [0.2, 0.25) is 0 Å². The lowest BCUT2D eigenvalue weighted by atomic mass is 9.88. The highest BCUT2D eigenvalue weighted by Crippen LogP contribution is 2.20. The van der Waals surface area contributed by atoms with E-state index in [-0.39, 0.29) is 29.6 Å². The summed E-state index contributed by atoms with van der Waals surface area (Å²) in [6, 6.07) is 5.28. The van der Waals surface area contributed by atoms with Gasteiger partial charge in [-0.15, -0.1) is 5.10 Å². The van der Waals surface area contributed by atoms with Crippen LogP contribution < -0.4 is 5.32 Å². The molecule has 2 aromatic rings. The highest BCUT2D eigenvalue weighted by Gasteiger charge is 2.21. The molecular formula is C16H21FN4O2. The van der Waals surface area contributed by atoms with Gasteiger partial charge in [0.15, 0.2) is 5.69 Å². The van der Waals surface area contributed by atoms with Gasteiger partial charge in [-0.25, -0.2) is 4.39 Å². The maximum Gasteiger partial charge on any atom is 0.273 e. The first-order valence-electron chi connectivity index (χ1n) is 7.38. The molecule has 1 aromatic heterocycles. The third-order valence-electron chi connectivity index (χ3n) is 3.20. The van der Waals surface area contributed by atoms with Crippen LogP contribution in [-0.4, -0.2) is 38.7 Å². The van der Waals surface area contributed by atoms with E-state index in [1.54, 1.807) is 0 Å². The topological polar surface area (TPSA) is 80.0 Å². The largest absolute Gasteiger partial charge is 0.394 e. The van der Waals surface area contributed by atoms with Crippen molar-refractivity contribution >= 4 is 5.91 Å². The molecule has 0 saturated heterocycles. The lowest BCUT2D eigenvalue weighted by molar-refractivity contribution is 0.0892. The molecule has 6 nitrogen and oxygen atoms in total. The summed E-state index contributed by atoms with van der Waals surface area (Å²) in [5.74, 6) is -0.756. The van der Waals surface area contributed by atoms with E-state index in [0.29, 0.717) is 12.1 Å². The van der Waals surface area contributed by atoms with Crippen molar-refractivity contribution in [3.05, 3.63) is 42.0 Å². The van der Waals surface area contributed by atoms with E-state index in [0.717, 1.165) is 0 Å². The van der Waals surface area contributed by atoms with Gasteiger partial charge in [0.05, 0.1) is 24.5 Å². The highest BCUT2D eigenvalue weighted by atomic mass is 19.1. The predicted octanol–water partition coefficient (Wildman–Crippen LogP) is 1.93. The molecule has 1 heterocycles. The number of nitrogens with zero attached hydrogens (tertiary/aromatic N) is 3. The Bertz CT molecular complexity index is 661. The number of nitrogens with one attached hydrogen (secondary N) is 1. The van der Waals surface area contributed by atoms with Crippen molar-refractivity contribution in [1.82, 2.24) is 20.3 Å². The molecule has 0 radical (unpaired) electrons. The molecule has 7 heteroatoms. The lowest BCUT2D eigenvalue weighted by Crippen LogP contribution is -2.40. The molecular weight excluding hydrogens is 299 g/mol. The molecule has 124 valence electrons. The van der Waals surface area contributed by atoms with Crippen LogP contribution in [0.5, 0.6) is 0 Å². The second-order valence-corrected chi connectivity index (χ2v) is 6.61. The molecule has 2 rings (SSSR count). The Kier molecular flexibility index (Phi) is 5.10. The second kappa shape index (κ2) is 6.87. The number of aliphatic hydroxyl groups excluding tert-OH is 1. The van der Waals surface area contributed by atoms with Crippen LogP contribution in [0.1, 0.15) is 37.7 Å². The normalized spacial score (nSPS) is 12.9. The van der Waals surface area contributed by atoms with Crippen LogP contribution in [-0.2, 0) is 0 Å². The van der Waals surface area contributed by atoms with Gasteiger partial charge in [0, 0.05) is 0 Å². The molecule has 0 aliphatic carbocycles. The van der Waals surface area contributed by atoms with Crippen molar-refractivity contribution < 1.29 is 14.3 Å². The standard InChI is InChI=1S/C16H21FN4O2/c1-16(2,3)8-12(10-22)19-15(23)14-9-18-21(20-14)13-6-4-11(17)5-7-13/h4-7,9,12,22H,8,10H2,1-3H3,(H,19,23). The Morgan fingerprint density at radius 1 is 1.35 bits per heavy atom. The number of amides is 1. The van der Waals surface area contributed by atoms with E-state index < -0.39 is 5.91 Å². The van der Waals surface area contributed by atoms with Gasteiger partial charge < -0.3 is 10.4 Å². The first kappa shape index (κ1) is 17.1. The van der Waals surface area contributed by atoms with Gasteiger partial charge >= 0.3 is 0 Å². The number of benzene rings is 1. The highest BCUT2D eigenvalue weighted by molar-refractivity contribution is 5.92. The molecule has 23 heavy (non-hydrogen) atoms. The van der Waals surface area contributed by atoms with E-state index in [2.05, 4.69) is 15.5 Å². The summed E-state index contributed by atoms with van der Waals surface area (Å²) < 4.78 is 12.9. The number of aliphatic hydroxyl groups is 1. The van der Waals surface area contributed by atoms with Gasteiger partial charge in [-0.2, -0.15) is 9.90 Å². The van der Waals surface area contributed by atoms with Crippen LogP contribution in [0.4, 0.5) is 4.39 Å². The molecule has 0 fully saturated rings. The molecule has 1 atom stereocenters. The Balaban J connectivity index is 2.07. The number of rotatable bonds is 5. The van der Waals surface area contributed by atoms with Crippen molar-refractivity contribution in [1.29, 1.82) is 0 Å². The summed E-state index contributed by atoms with van der Waals surface area (Å²) >= 11 is 0. The molecule has 0 saturated carbocycles. The summed E-state index contributed by atoms with van der Waals surface area (Å²) in [6.45, 7) is 5.96. The van der Waals surface area contributed by atoms with Gasteiger partial charge in [-0.1, -0.05) is 20.8 Å². The maximum atomic E-state index is 12.9. The van der Waals surface area contributed by atoms with Gasteiger partial charge in [-0.3, -0.25) is 4.79 Å². The van der Waals surface area contributed by atoms with Crippen LogP contribution in [0.3, 0.4) is 0 Å². The molecule has 1 amide bonds. The minimum absolute atomic E-state index is 0.0214. The van der Waals surface area contributed by atoms with Crippen LogP contribution in [0, 0.1) is 11.2 Å². The number of hydrogen-bond acceptors (Lipinski definition) is 4. The Labute approximate surface area is 134 Å². The Morgan fingerprint density at radius 2 is 2.00 bits per heavy atom. The van der Waals surface area contributed by atoms with E-state index in [9.17, 15) is 14.3 Å². The van der Waals surface area contributed by atoms with Gasteiger partial charge in [-0.05, 0) is 36.1 Å². The van der Waals surface area contributed by atoms with E-state index in [1.165, 1.54) is 35.3 Å². The van der Waals surface area contributed by atoms with E-state index in [1.807, 2.05) is 20.8 Å². The molecule has 0 aliphatic heterocycles. The average molecular weight is 320 g/mol. The third-order valence-corrected chi connectivity index (χ3v) is 3.20. The number of carbonyl (C=O) groups excluding carboxylic acids is 1. The summed E-state index contributed by atoms with van der Waals surface area (Å²) in [7, 11) is 0. The van der Waals surface area contributed by atoms with Crippen molar-refractivity contribution in [2.75, 3.05) is 6.61 Å². The smallest absolute Gasteiger partial charge is 0.273 e. The molecule has 0 spiro atoms. The Hall–Kier alpha value is -2.28. The Morgan fingerprint density at radius 3 is 2.57 bits per heavy atom. The SMILES string of the molecule is CC(C)(C)CC(CO)NC(=O)c1cnn(-c2ccc(F)cc2)n1. The molecule has 1 unspecified atom stereocenters. The second-order valence-electron chi connectivity index (χ2n) is 6.61. The van der Waals surface area contributed by atoms with Crippen molar-refractivity contribution in [2.45, 2.75) is 33.2 Å². The quantitative estimate of drug-likeness (QED) is 0.882. The van der Waals surface area contributed by atoms with Crippen molar-refractivity contribution in [3.8, 4) is 5.69 Å². The van der Waals surface area contributed by atoms with E-state index >= 15 is 0 Å². The van der Waals surface area contributed by atoms with Gasteiger partial charge in [0.2, 0.25) is 0 Å². The average Bonchev–Trinajstić information content (AvgIpc) is 2.95. The minimum Gasteiger partial charge on any atom is -0.394 e. The van der Waals surface area contributed by atoms with Crippen LogP contribution in [0.15, 0.2) is 30.5 Å². The minimum atomic E-state index is -0.401. The first-order valence-corrected chi connectivity index (χ1v) is 7.38. The fourth-order valence-corrected chi connectivity index (χ4v) is 2.23. The van der Waals surface area contributed by atoms with Gasteiger partial charge in [0.25, 0.3) is 5.91 Å². The van der Waals surface area contributed by atoms with E-state index in [4.69, 9.17) is 0 Å². The molecule has 1 aromatic carbocycles. The zero-order valence-electron chi connectivity index (χ0n) is 13.5.